The van der Waals surface area contributed by atoms with E-state index in [4.69, 9.17) is 9.47 Å². The number of carbonyl (C=O) groups excluding carboxylic acids is 1. The molecule has 1 N–H and O–H groups in total. The highest BCUT2D eigenvalue weighted by atomic mass is 16.5. The van der Waals surface area contributed by atoms with E-state index < -0.39 is 0 Å². The predicted molar refractivity (Wildman–Crippen MR) is 98.1 cm³/mol. The van der Waals surface area contributed by atoms with Crippen LogP contribution >= 0.6 is 0 Å². The molecule has 128 valence electrons. The Kier molecular flexibility index (Phi) is 4.57. The second-order valence-corrected chi connectivity index (χ2v) is 5.86. The number of rotatable bonds is 4. The minimum absolute atomic E-state index is 0.219. The minimum atomic E-state index is -0.219. The van der Waals surface area contributed by atoms with E-state index >= 15 is 0 Å². The number of aryl methyl sites for hydroxylation is 2. The number of carbonyl (C=O) groups is 1. The number of hydrogen-bond donors (Lipinski definition) is 1. The fraction of sp³-hybridized carbons (Fsp3) is 0.200. The third-order valence-electron chi connectivity index (χ3n) is 4.19. The molecule has 2 aromatic rings. The van der Waals surface area contributed by atoms with Gasteiger partial charge < -0.3 is 14.8 Å². The second kappa shape index (κ2) is 6.81. The molecule has 3 rings (SSSR count). The quantitative estimate of drug-likeness (QED) is 0.872. The number of amides is 1. The summed E-state index contributed by atoms with van der Waals surface area (Å²) in [7, 11) is 3.16. The number of amidine groups is 1. The molecule has 0 aromatic heterocycles. The first kappa shape index (κ1) is 16.8. The fourth-order valence-corrected chi connectivity index (χ4v) is 2.59. The van der Waals surface area contributed by atoms with Crippen LogP contribution in [0.5, 0.6) is 11.5 Å². The van der Waals surface area contributed by atoms with Gasteiger partial charge in [-0.25, -0.2) is 4.99 Å². The number of nitrogens with zero attached hydrogens (tertiary/aromatic N) is 1. The molecule has 1 aliphatic heterocycles. The van der Waals surface area contributed by atoms with Crippen LogP contribution in [0.2, 0.25) is 0 Å². The zero-order chi connectivity index (χ0) is 18.0. The van der Waals surface area contributed by atoms with Crippen molar-refractivity contribution >= 4 is 17.8 Å². The highest BCUT2D eigenvalue weighted by Crippen LogP contribution is 2.29. The normalized spacial score (nSPS) is 15.1. The molecule has 0 atom stereocenters. The lowest BCUT2D eigenvalue weighted by molar-refractivity contribution is -0.115. The molecular formula is C20H20N2O3. The van der Waals surface area contributed by atoms with Crippen molar-refractivity contribution in [3.8, 4) is 11.5 Å². The number of nitrogens with one attached hydrogen (secondary N) is 1. The Bertz CT molecular complexity index is 898. The fourth-order valence-electron chi connectivity index (χ4n) is 2.59. The van der Waals surface area contributed by atoms with Crippen LogP contribution in [-0.2, 0) is 4.79 Å². The molecule has 1 heterocycles. The molecule has 0 saturated heterocycles. The van der Waals surface area contributed by atoms with Gasteiger partial charge in [0.1, 0.15) is 11.5 Å². The third kappa shape index (κ3) is 3.40. The molecule has 0 bridgehead atoms. The molecule has 5 heteroatoms. The summed E-state index contributed by atoms with van der Waals surface area (Å²) >= 11 is 0. The van der Waals surface area contributed by atoms with E-state index in [1.54, 1.807) is 26.4 Å². The summed E-state index contributed by atoms with van der Waals surface area (Å²) in [6, 6.07) is 11.5. The molecule has 25 heavy (non-hydrogen) atoms. The van der Waals surface area contributed by atoms with Gasteiger partial charge in [0.25, 0.3) is 5.91 Å². The van der Waals surface area contributed by atoms with Crippen molar-refractivity contribution in [2.45, 2.75) is 13.8 Å². The second-order valence-electron chi connectivity index (χ2n) is 5.86. The van der Waals surface area contributed by atoms with Crippen LogP contribution in [-0.4, -0.2) is 26.0 Å². The summed E-state index contributed by atoms with van der Waals surface area (Å²) in [6.07, 6.45) is 1.73. The van der Waals surface area contributed by atoms with E-state index in [0.29, 0.717) is 23.0 Å². The predicted octanol–water partition coefficient (Wildman–Crippen LogP) is 3.24. The van der Waals surface area contributed by atoms with Crippen molar-refractivity contribution in [2.75, 3.05) is 14.2 Å². The third-order valence-corrected chi connectivity index (χ3v) is 4.19. The Morgan fingerprint density at radius 1 is 0.960 bits per heavy atom. The maximum absolute atomic E-state index is 12.2. The molecule has 1 aliphatic rings. The van der Waals surface area contributed by atoms with Crippen LogP contribution in [0.1, 0.15) is 22.3 Å². The molecule has 0 unspecified atom stereocenters. The van der Waals surface area contributed by atoms with Gasteiger partial charge in [-0.3, -0.25) is 4.79 Å². The first-order chi connectivity index (χ1) is 12.0. The van der Waals surface area contributed by atoms with Gasteiger partial charge in [0, 0.05) is 5.56 Å². The minimum Gasteiger partial charge on any atom is -0.493 e. The topological polar surface area (TPSA) is 59.9 Å². The van der Waals surface area contributed by atoms with Gasteiger partial charge in [-0.1, -0.05) is 18.2 Å². The van der Waals surface area contributed by atoms with Crippen molar-refractivity contribution in [3.63, 3.8) is 0 Å². The van der Waals surface area contributed by atoms with Crippen LogP contribution in [0.25, 0.3) is 6.08 Å². The lowest BCUT2D eigenvalue weighted by atomic mass is 10.1. The highest BCUT2D eigenvalue weighted by Gasteiger charge is 2.21. The Hall–Kier alpha value is -3.08. The SMILES string of the molecule is COc1ccc(/C=C2/N=C(c3ccc(C)c(C)c3)NC2=O)cc1OC. The summed E-state index contributed by atoms with van der Waals surface area (Å²) in [5, 5.41) is 2.83. The Morgan fingerprint density at radius 3 is 2.40 bits per heavy atom. The summed E-state index contributed by atoms with van der Waals surface area (Å²) < 4.78 is 10.5. The van der Waals surface area contributed by atoms with Crippen LogP contribution in [0.15, 0.2) is 47.1 Å². The van der Waals surface area contributed by atoms with E-state index in [1.165, 1.54) is 5.56 Å². The van der Waals surface area contributed by atoms with Crippen molar-refractivity contribution in [1.29, 1.82) is 0 Å². The molecule has 0 aliphatic carbocycles. The smallest absolute Gasteiger partial charge is 0.275 e. The average Bonchev–Trinajstić information content (AvgIpc) is 2.97. The van der Waals surface area contributed by atoms with Crippen LogP contribution in [0.3, 0.4) is 0 Å². The van der Waals surface area contributed by atoms with Crippen molar-refractivity contribution in [1.82, 2.24) is 5.32 Å². The number of aliphatic imine (C=N–C) groups is 1. The molecule has 2 aromatic carbocycles. The van der Waals surface area contributed by atoms with E-state index in [-0.39, 0.29) is 5.91 Å². The van der Waals surface area contributed by atoms with E-state index in [0.717, 1.165) is 16.7 Å². The number of benzene rings is 2. The number of methoxy groups -OCH3 is 2. The van der Waals surface area contributed by atoms with Gasteiger partial charge in [0.15, 0.2) is 11.5 Å². The molecule has 0 radical (unpaired) electrons. The van der Waals surface area contributed by atoms with Crippen LogP contribution in [0, 0.1) is 13.8 Å². The van der Waals surface area contributed by atoms with Crippen LogP contribution < -0.4 is 14.8 Å². The summed E-state index contributed by atoms with van der Waals surface area (Å²) in [4.78, 5) is 16.7. The average molecular weight is 336 g/mol. The van der Waals surface area contributed by atoms with Gasteiger partial charge in [-0.15, -0.1) is 0 Å². The van der Waals surface area contributed by atoms with E-state index in [2.05, 4.69) is 17.2 Å². The van der Waals surface area contributed by atoms with Gasteiger partial charge in [-0.2, -0.15) is 0 Å². The molecule has 0 fully saturated rings. The largest absolute Gasteiger partial charge is 0.493 e. The van der Waals surface area contributed by atoms with Crippen molar-refractivity contribution in [3.05, 3.63) is 64.3 Å². The van der Waals surface area contributed by atoms with E-state index in [1.807, 2.05) is 37.3 Å². The monoisotopic (exact) mass is 336 g/mol. The maximum Gasteiger partial charge on any atom is 0.275 e. The van der Waals surface area contributed by atoms with Gasteiger partial charge in [0.2, 0.25) is 0 Å². The molecular weight excluding hydrogens is 316 g/mol. The highest BCUT2D eigenvalue weighted by molar-refractivity contribution is 6.19. The van der Waals surface area contributed by atoms with Crippen molar-refractivity contribution in [2.24, 2.45) is 4.99 Å². The standard InChI is InChI=1S/C20H20N2O3/c1-12-5-7-15(9-13(12)2)19-21-16(20(23)22-19)10-14-6-8-17(24-3)18(11-14)25-4/h5-11H,1-4H3,(H,21,22,23)/b16-10+. The van der Waals surface area contributed by atoms with Crippen LogP contribution in [0.4, 0.5) is 0 Å². The molecule has 1 amide bonds. The lowest BCUT2D eigenvalue weighted by Gasteiger charge is -2.07. The number of ether oxygens (including phenoxy) is 2. The van der Waals surface area contributed by atoms with Crippen molar-refractivity contribution < 1.29 is 14.3 Å². The Labute approximate surface area is 147 Å². The first-order valence-corrected chi connectivity index (χ1v) is 7.93. The zero-order valence-electron chi connectivity index (χ0n) is 14.7. The molecule has 0 spiro atoms. The molecule has 0 saturated carbocycles. The Balaban J connectivity index is 1.94. The zero-order valence-corrected chi connectivity index (χ0v) is 14.7. The van der Waals surface area contributed by atoms with Gasteiger partial charge >= 0.3 is 0 Å². The van der Waals surface area contributed by atoms with Gasteiger partial charge in [-0.05, 0) is 54.8 Å². The summed E-state index contributed by atoms with van der Waals surface area (Å²) in [5.41, 5.74) is 4.43. The molecule has 5 nitrogen and oxygen atoms in total. The Morgan fingerprint density at radius 2 is 1.72 bits per heavy atom. The number of hydrogen-bond acceptors (Lipinski definition) is 4. The van der Waals surface area contributed by atoms with Gasteiger partial charge in [0.05, 0.1) is 14.2 Å². The summed E-state index contributed by atoms with van der Waals surface area (Å²) in [6.45, 7) is 4.09. The first-order valence-electron chi connectivity index (χ1n) is 7.93. The maximum atomic E-state index is 12.2. The van der Waals surface area contributed by atoms with E-state index in [9.17, 15) is 4.79 Å². The lowest BCUT2D eigenvalue weighted by Crippen LogP contribution is -2.24. The summed E-state index contributed by atoms with van der Waals surface area (Å²) in [5.74, 6) is 1.59.